The van der Waals surface area contributed by atoms with Gasteiger partial charge in [0.2, 0.25) is 0 Å². The highest BCUT2D eigenvalue weighted by Gasteiger charge is 2.41. The van der Waals surface area contributed by atoms with E-state index in [2.05, 4.69) is 11.6 Å². The fourth-order valence-corrected chi connectivity index (χ4v) is 4.28. The third kappa shape index (κ3) is 3.67. The summed E-state index contributed by atoms with van der Waals surface area (Å²) in [6, 6.07) is 0.0511. The van der Waals surface area contributed by atoms with Crippen molar-refractivity contribution >= 4 is 16.2 Å². The van der Waals surface area contributed by atoms with Gasteiger partial charge in [-0.2, -0.15) is 17.4 Å². The number of carbonyl (C=O) groups is 1. The number of nitrogens with one attached hydrogen (secondary N) is 1. The van der Waals surface area contributed by atoms with Gasteiger partial charge in [0.1, 0.15) is 0 Å². The van der Waals surface area contributed by atoms with E-state index in [1.165, 1.54) is 4.31 Å². The van der Waals surface area contributed by atoms with Crippen molar-refractivity contribution in [1.29, 1.82) is 0 Å². The van der Waals surface area contributed by atoms with Crippen LogP contribution in [0.3, 0.4) is 0 Å². The average Bonchev–Trinajstić information content (AvgIpc) is 3.07. The number of carboxylic acid groups (broad SMARTS) is 1. The first-order valence-electron chi connectivity index (χ1n) is 6.94. The Morgan fingerprint density at radius 1 is 1.47 bits per heavy atom. The van der Waals surface area contributed by atoms with Gasteiger partial charge in [-0.05, 0) is 31.6 Å². The van der Waals surface area contributed by atoms with Crippen molar-refractivity contribution < 1.29 is 18.3 Å². The molecule has 0 aromatic heterocycles. The molecule has 2 N–H and O–H groups in total. The Kier molecular flexibility index (Phi) is 4.47. The van der Waals surface area contributed by atoms with Crippen molar-refractivity contribution in [2.75, 3.05) is 13.1 Å². The molecule has 3 atom stereocenters. The van der Waals surface area contributed by atoms with Crippen LogP contribution in [0.1, 0.15) is 39.0 Å². The maximum atomic E-state index is 12.2. The lowest BCUT2D eigenvalue weighted by molar-refractivity contribution is -0.142. The van der Waals surface area contributed by atoms with Gasteiger partial charge in [-0.1, -0.05) is 13.3 Å². The van der Waals surface area contributed by atoms with Crippen LogP contribution in [0, 0.1) is 11.8 Å². The number of carboxylic acids is 1. The largest absolute Gasteiger partial charge is 0.481 e. The fourth-order valence-electron chi connectivity index (χ4n) is 2.71. The zero-order valence-electron chi connectivity index (χ0n) is 11.2. The second-order valence-corrected chi connectivity index (χ2v) is 7.25. The summed E-state index contributed by atoms with van der Waals surface area (Å²) in [5.41, 5.74) is 0. The second kappa shape index (κ2) is 5.76. The van der Waals surface area contributed by atoms with Gasteiger partial charge in [-0.25, -0.2) is 0 Å². The standard InChI is InChI=1S/C12H22N2O4S/c1-2-4-9-7-11(9)13-19(17,18)14-6-3-5-10(8-14)12(15)16/h9-11,13H,2-8H2,1H3,(H,15,16). The third-order valence-corrected chi connectivity index (χ3v) is 5.57. The number of aliphatic carboxylic acids is 1. The zero-order chi connectivity index (χ0) is 14.0. The Morgan fingerprint density at radius 2 is 2.21 bits per heavy atom. The van der Waals surface area contributed by atoms with Crippen LogP contribution in [0.4, 0.5) is 0 Å². The Balaban J connectivity index is 1.91. The molecule has 3 unspecified atom stereocenters. The highest BCUT2D eigenvalue weighted by Crippen LogP contribution is 2.35. The first-order chi connectivity index (χ1) is 8.94. The van der Waals surface area contributed by atoms with E-state index in [0.29, 0.717) is 25.3 Å². The molecule has 6 nitrogen and oxygen atoms in total. The molecule has 7 heteroatoms. The summed E-state index contributed by atoms with van der Waals surface area (Å²) in [7, 11) is -3.52. The van der Waals surface area contributed by atoms with Gasteiger partial charge < -0.3 is 5.11 Å². The van der Waals surface area contributed by atoms with E-state index in [9.17, 15) is 13.2 Å². The van der Waals surface area contributed by atoms with Crippen molar-refractivity contribution in [3.05, 3.63) is 0 Å². The normalized spacial score (nSPS) is 32.2. The van der Waals surface area contributed by atoms with Crippen LogP contribution >= 0.6 is 0 Å². The molecule has 2 fully saturated rings. The van der Waals surface area contributed by atoms with E-state index in [1.54, 1.807) is 0 Å². The van der Waals surface area contributed by atoms with E-state index < -0.39 is 22.1 Å². The summed E-state index contributed by atoms with van der Waals surface area (Å²) in [6.45, 7) is 2.60. The van der Waals surface area contributed by atoms with Crippen LogP contribution in [0.15, 0.2) is 0 Å². The van der Waals surface area contributed by atoms with E-state index in [1.807, 2.05) is 0 Å². The summed E-state index contributed by atoms with van der Waals surface area (Å²) in [5.74, 6) is -1.02. The van der Waals surface area contributed by atoms with Crippen LogP contribution in [-0.4, -0.2) is 42.9 Å². The highest BCUT2D eigenvalue weighted by atomic mass is 32.2. The minimum Gasteiger partial charge on any atom is -0.481 e. The van der Waals surface area contributed by atoms with E-state index >= 15 is 0 Å². The molecule has 0 aromatic carbocycles. The highest BCUT2D eigenvalue weighted by molar-refractivity contribution is 7.87. The molecule has 1 aliphatic heterocycles. The molecule has 2 rings (SSSR count). The lowest BCUT2D eigenvalue weighted by atomic mass is 10.0. The third-order valence-electron chi connectivity index (χ3n) is 3.96. The topological polar surface area (TPSA) is 86.7 Å². The van der Waals surface area contributed by atoms with Crippen molar-refractivity contribution in [3.8, 4) is 0 Å². The van der Waals surface area contributed by atoms with Crippen LogP contribution in [0.25, 0.3) is 0 Å². The van der Waals surface area contributed by atoms with E-state index in [-0.39, 0.29) is 12.6 Å². The van der Waals surface area contributed by atoms with Crippen molar-refractivity contribution in [2.24, 2.45) is 11.8 Å². The van der Waals surface area contributed by atoms with Gasteiger partial charge in [-0.3, -0.25) is 4.79 Å². The van der Waals surface area contributed by atoms with Gasteiger partial charge in [0.05, 0.1) is 5.92 Å². The van der Waals surface area contributed by atoms with Gasteiger partial charge >= 0.3 is 5.97 Å². The maximum Gasteiger partial charge on any atom is 0.307 e. The lowest BCUT2D eigenvalue weighted by Crippen LogP contribution is -2.48. The molecule has 2 aliphatic rings. The first-order valence-corrected chi connectivity index (χ1v) is 8.38. The number of rotatable bonds is 6. The van der Waals surface area contributed by atoms with Gasteiger partial charge in [-0.15, -0.1) is 0 Å². The Hall–Kier alpha value is -0.660. The van der Waals surface area contributed by atoms with E-state index in [4.69, 9.17) is 5.11 Å². The predicted molar refractivity (Wildman–Crippen MR) is 70.8 cm³/mol. The predicted octanol–water partition coefficient (Wildman–Crippen LogP) is 0.806. The average molecular weight is 290 g/mol. The zero-order valence-corrected chi connectivity index (χ0v) is 12.0. The quantitative estimate of drug-likeness (QED) is 0.758. The second-order valence-electron chi connectivity index (χ2n) is 5.55. The summed E-state index contributed by atoms with van der Waals surface area (Å²) < 4.78 is 28.3. The van der Waals surface area contributed by atoms with Crippen LogP contribution in [0.2, 0.25) is 0 Å². The molecule has 1 heterocycles. The summed E-state index contributed by atoms with van der Waals surface area (Å²) in [5, 5.41) is 8.99. The molecule has 0 radical (unpaired) electrons. The van der Waals surface area contributed by atoms with Gasteiger partial charge in [0, 0.05) is 19.1 Å². The van der Waals surface area contributed by atoms with Gasteiger partial charge in [0.25, 0.3) is 10.2 Å². The number of hydrogen-bond donors (Lipinski definition) is 2. The molecule has 19 heavy (non-hydrogen) atoms. The van der Waals surface area contributed by atoms with E-state index in [0.717, 1.165) is 19.3 Å². The van der Waals surface area contributed by atoms with Gasteiger partial charge in [0.15, 0.2) is 0 Å². The molecule has 0 spiro atoms. The monoisotopic (exact) mass is 290 g/mol. The minimum atomic E-state index is -3.52. The van der Waals surface area contributed by atoms with Crippen molar-refractivity contribution in [3.63, 3.8) is 0 Å². The van der Waals surface area contributed by atoms with Crippen molar-refractivity contribution in [1.82, 2.24) is 9.03 Å². The molecule has 1 saturated carbocycles. The van der Waals surface area contributed by atoms with Crippen LogP contribution in [-0.2, 0) is 15.0 Å². The summed E-state index contributed by atoms with van der Waals surface area (Å²) in [6.07, 6.45) is 4.19. The summed E-state index contributed by atoms with van der Waals surface area (Å²) in [4.78, 5) is 11.0. The smallest absolute Gasteiger partial charge is 0.307 e. The molecular weight excluding hydrogens is 268 g/mol. The molecule has 1 saturated heterocycles. The maximum absolute atomic E-state index is 12.2. The fraction of sp³-hybridized carbons (Fsp3) is 0.917. The Bertz CT molecular complexity index is 437. The van der Waals surface area contributed by atoms with Crippen molar-refractivity contribution in [2.45, 2.75) is 45.1 Å². The molecular formula is C12H22N2O4S. The minimum absolute atomic E-state index is 0.0511. The number of piperidine rings is 1. The molecule has 1 aliphatic carbocycles. The number of hydrogen-bond acceptors (Lipinski definition) is 3. The molecule has 0 bridgehead atoms. The Morgan fingerprint density at radius 3 is 2.84 bits per heavy atom. The molecule has 110 valence electrons. The van der Waals surface area contributed by atoms with Crippen LogP contribution < -0.4 is 4.72 Å². The molecule has 0 amide bonds. The number of nitrogens with zero attached hydrogens (tertiary/aromatic N) is 1. The summed E-state index contributed by atoms with van der Waals surface area (Å²) >= 11 is 0. The SMILES string of the molecule is CCCC1CC1NS(=O)(=O)N1CCCC(C(=O)O)C1. The Labute approximate surface area is 114 Å². The first kappa shape index (κ1) is 14.7. The molecule has 0 aromatic rings. The lowest BCUT2D eigenvalue weighted by Gasteiger charge is -2.29. The van der Waals surface area contributed by atoms with Crippen LogP contribution in [0.5, 0.6) is 0 Å².